The molecule has 0 spiro atoms. The first kappa shape index (κ1) is 15.3. The second-order valence-electron chi connectivity index (χ2n) is 4.18. The van der Waals surface area contributed by atoms with Crippen molar-refractivity contribution in [3.05, 3.63) is 48.5 Å². The summed E-state index contributed by atoms with van der Waals surface area (Å²) in [7, 11) is -7.87. The minimum atomic E-state index is -3.94. The van der Waals surface area contributed by atoms with Crippen LogP contribution in [0.5, 0.6) is 5.75 Å². The first-order valence-corrected chi connectivity index (χ1v) is 8.66. The Morgan fingerprint density at radius 1 is 0.905 bits per heavy atom. The average Bonchev–Trinajstić information content (AvgIpc) is 2.37. The quantitative estimate of drug-likeness (QED) is 0.766. The van der Waals surface area contributed by atoms with Gasteiger partial charge in [0.2, 0.25) is 10.0 Å². The summed E-state index contributed by atoms with van der Waals surface area (Å²) in [5.41, 5.74) is 0.0462. The van der Waals surface area contributed by atoms with E-state index in [1.165, 1.54) is 36.4 Å². The summed E-state index contributed by atoms with van der Waals surface area (Å²) in [6.45, 7) is 0. The SMILES string of the molecule is NS(=O)(=O)c1cccc(NS(=O)(=O)c2cccc(O)c2)c1. The van der Waals surface area contributed by atoms with Crippen molar-refractivity contribution in [3.8, 4) is 5.75 Å². The Kier molecular flexibility index (Phi) is 3.90. The summed E-state index contributed by atoms with van der Waals surface area (Å²) in [6.07, 6.45) is 0. The van der Waals surface area contributed by atoms with Crippen molar-refractivity contribution in [3.63, 3.8) is 0 Å². The fraction of sp³-hybridized carbons (Fsp3) is 0. The van der Waals surface area contributed by atoms with Crippen molar-refractivity contribution in [2.24, 2.45) is 5.14 Å². The Morgan fingerprint density at radius 2 is 1.52 bits per heavy atom. The number of nitrogens with two attached hydrogens (primary N) is 1. The normalized spacial score (nSPS) is 12.0. The maximum Gasteiger partial charge on any atom is 0.262 e. The molecule has 0 bridgehead atoms. The summed E-state index contributed by atoms with van der Waals surface area (Å²) in [6, 6.07) is 10.2. The zero-order valence-corrected chi connectivity index (χ0v) is 12.2. The number of hydrogen-bond acceptors (Lipinski definition) is 5. The number of rotatable bonds is 4. The molecule has 2 aromatic rings. The van der Waals surface area contributed by atoms with Gasteiger partial charge in [0.15, 0.2) is 0 Å². The third-order valence-electron chi connectivity index (χ3n) is 2.54. The molecule has 0 aliphatic carbocycles. The molecule has 0 saturated carbocycles. The molecule has 2 aromatic carbocycles. The smallest absolute Gasteiger partial charge is 0.262 e. The molecule has 0 unspecified atom stereocenters. The van der Waals surface area contributed by atoms with Crippen LogP contribution in [0.25, 0.3) is 0 Å². The fourth-order valence-corrected chi connectivity index (χ4v) is 3.25. The predicted molar refractivity (Wildman–Crippen MR) is 76.7 cm³/mol. The van der Waals surface area contributed by atoms with Gasteiger partial charge >= 0.3 is 0 Å². The Hall–Kier alpha value is -2.10. The highest BCUT2D eigenvalue weighted by molar-refractivity contribution is 7.92. The molecule has 4 N–H and O–H groups in total. The van der Waals surface area contributed by atoms with Crippen molar-refractivity contribution in [1.29, 1.82) is 0 Å². The summed E-state index contributed by atoms with van der Waals surface area (Å²) in [5, 5.41) is 14.3. The Labute approximate surface area is 122 Å². The number of benzene rings is 2. The molecule has 112 valence electrons. The van der Waals surface area contributed by atoms with E-state index in [1.54, 1.807) is 0 Å². The number of phenols is 1. The van der Waals surface area contributed by atoms with Crippen molar-refractivity contribution >= 4 is 25.7 Å². The van der Waals surface area contributed by atoms with E-state index in [0.29, 0.717) is 0 Å². The van der Waals surface area contributed by atoms with E-state index in [1.807, 2.05) is 0 Å². The number of phenolic OH excluding ortho intramolecular Hbond substituents is 1. The van der Waals surface area contributed by atoms with E-state index in [9.17, 15) is 21.9 Å². The first-order valence-electron chi connectivity index (χ1n) is 5.63. The van der Waals surface area contributed by atoms with Gasteiger partial charge in [-0.1, -0.05) is 12.1 Å². The van der Waals surface area contributed by atoms with Gasteiger partial charge in [-0.25, -0.2) is 22.0 Å². The Morgan fingerprint density at radius 3 is 2.14 bits per heavy atom. The molecule has 0 aliphatic heterocycles. The van der Waals surface area contributed by atoms with Crippen LogP contribution in [0.2, 0.25) is 0 Å². The van der Waals surface area contributed by atoms with Gasteiger partial charge in [-0.15, -0.1) is 0 Å². The molecular weight excluding hydrogens is 316 g/mol. The first-order chi connectivity index (χ1) is 9.68. The van der Waals surface area contributed by atoms with Gasteiger partial charge < -0.3 is 5.11 Å². The minimum absolute atomic E-state index is 0.0462. The van der Waals surface area contributed by atoms with E-state index >= 15 is 0 Å². The van der Waals surface area contributed by atoms with Crippen LogP contribution in [0.1, 0.15) is 0 Å². The third kappa shape index (κ3) is 3.72. The largest absolute Gasteiger partial charge is 0.508 e. The number of primary sulfonamides is 1. The van der Waals surface area contributed by atoms with E-state index in [-0.39, 0.29) is 21.2 Å². The van der Waals surface area contributed by atoms with Crippen LogP contribution in [0.4, 0.5) is 5.69 Å². The Balaban J connectivity index is 2.38. The summed E-state index contributed by atoms with van der Waals surface area (Å²) in [5.74, 6) is -0.198. The standard InChI is InChI=1S/C12H12N2O5S2/c13-20(16,17)11-5-1-3-9(7-11)14-21(18,19)12-6-2-4-10(15)8-12/h1-8,14-15H,(H2,13,16,17). The highest BCUT2D eigenvalue weighted by Gasteiger charge is 2.16. The number of nitrogens with one attached hydrogen (secondary N) is 1. The fourth-order valence-electron chi connectivity index (χ4n) is 1.60. The second-order valence-corrected chi connectivity index (χ2v) is 7.42. The van der Waals surface area contributed by atoms with E-state index in [0.717, 1.165) is 12.1 Å². The van der Waals surface area contributed by atoms with Crippen molar-refractivity contribution in [1.82, 2.24) is 0 Å². The van der Waals surface area contributed by atoms with Gasteiger partial charge in [-0.2, -0.15) is 0 Å². The van der Waals surface area contributed by atoms with Gasteiger partial charge in [-0.05, 0) is 30.3 Å². The molecule has 2 rings (SSSR count). The van der Waals surface area contributed by atoms with Crippen LogP contribution in [0, 0.1) is 0 Å². The van der Waals surface area contributed by atoms with Crippen LogP contribution >= 0.6 is 0 Å². The Bertz CT molecular complexity index is 876. The lowest BCUT2D eigenvalue weighted by Gasteiger charge is -2.09. The number of hydrogen-bond donors (Lipinski definition) is 3. The topological polar surface area (TPSA) is 127 Å². The molecular formula is C12H12N2O5S2. The van der Waals surface area contributed by atoms with Gasteiger partial charge in [0.05, 0.1) is 15.5 Å². The number of sulfonamides is 2. The second kappa shape index (κ2) is 5.35. The summed E-state index contributed by atoms with van der Waals surface area (Å²) in [4.78, 5) is -0.359. The van der Waals surface area contributed by atoms with Crippen LogP contribution in [0.3, 0.4) is 0 Å². The zero-order valence-electron chi connectivity index (χ0n) is 10.6. The predicted octanol–water partition coefficient (Wildman–Crippen LogP) is 0.840. The molecule has 0 fully saturated rings. The van der Waals surface area contributed by atoms with Crippen LogP contribution in [-0.2, 0) is 20.0 Å². The summed E-state index contributed by atoms with van der Waals surface area (Å²) < 4.78 is 48.9. The van der Waals surface area contributed by atoms with Gasteiger partial charge in [0.1, 0.15) is 5.75 Å². The monoisotopic (exact) mass is 328 g/mol. The van der Waals surface area contributed by atoms with E-state index in [4.69, 9.17) is 5.14 Å². The molecule has 0 aromatic heterocycles. The van der Waals surface area contributed by atoms with Crippen LogP contribution in [-0.4, -0.2) is 21.9 Å². The number of aromatic hydroxyl groups is 1. The van der Waals surface area contributed by atoms with Crippen molar-refractivity contribution in [2.75, 3.05) is 4.72 Å². The van der Waals surface area contributed by atoms with Gasteiger partial charge in [0.25, 0.3) is 10.0 Å². The van der Waals surface area contributed by atoms with Gasteiger partial charge in [0, 0.05) is 6.07 Å². The lowest BCUT2D eigenvalue weighted by Crippen LogP contribution is -2.15. The van der Waals surface area contributed by atoms with Crippen molar-refractivity contribution < 1.29 is 21.9 Å². The third-order valence-corrected chi connectivity index (χ3v) is 4.83. The molecule has 0 atom stereocenters. The molecule has 0 saturated heterocycles. The maximum atomic E-state index is 12.1. The molecule has 7 nitrogen and oxygen atoms in total. The van der Waals surface area contributed by atoms with Crippen LogP contribution < -0.4 is 9.86 Å². The lowest BCUT2D eigenvalue weighted by molar-refractivity contribution is 0.473. The summed E-state index contributed by atoms with van der Waals surface area (Å²) >= 11 is 0. The molecule has 0 amide bonds. The maximum absolute atomic E-state index is 12.1. The molecule has 0 heterocycles. The molecule has 9 heteroatoms. The molecule has 21 heavy (non-hydrogen) atoms. The van der Waals surface area contributed by atoms with E-state index < -0.39 is 20.0 Å². The highest BCUT2D eigenvalue weighted by atomic mass is 32.2. The lowest BCUT2D eigenvalue weighted by atomic mass is 10.3. The van der Waals surface area contributed by atoms with Crippen molar-refractivity contribution in [2.45, 2.75) is 9.79 Å². The van der Waals surface area contributed by atoms with Crippen LogP contribution in [0.15, 0.2) is 58.3 Å². The highest BCUT2D eigenvalue weighted by Crippen LogP contribution is 2.21. The molecule has 0 radical (unpaired) electrons. The zero-order chi connectivity index (χ0) is 15.7. The minimum Gasteiger partial charge on any atom is -0.508 e. The average molecular weight is 328 g/mol. The molecule has 0 aliphatic rings. The number of anilines is 1. The van der Waals surface area contributed by atoms with Gasteiger partial charge in [-0.3, -0.25) is 4.72 Å². The van der Waals surface area contributed by atoms with E-state index in [2.05, 4.69) is 4.72 Å².